The fourth-order valence-electron chi connectivity index (χ4n) is 4.90. The highest BCUT2D eigenvalue weighted by atomic mass is 32.1. The number of hydrogen-bond donors (Lipinski definition) is 2. The summed E-state index contributed by atoms with van der Waals surface area (Å²) < 4.78 is 5.18. The molecule has 7 heteroatoms. The van der Waals surface area contributed by atoms with E-state index in [1.165, 1.54) is 28.5 Å². The number of carboxylic acids is 1. The summed E-state index contributed by atoms with van der Waals surface area (Å²) in [5.74, 6) is -0.0679. The van der Waals surface area contributed by atoms with E-state index in [9.17, 15) is 9.90 Å². The summed E-state index contributed by atoms with van der Waals surface area (Å²) in [5, 5.41) is 12.9. The van der Waals surface area contributed by atoms with Crippen molar-refractivity contribution in [3.63, 3.8) is 0 Å². The molecule has 1 fully saturated rings. The minimum Gasteiger partial charge on any atom is -0.496 e. The van der Waals surface area contributed by atoms with E-state index in [2.05, 4.69) is 44.6 Å². The van der Waals surface area contributed by atoms with Crippen molar-refractivity contribution < 1.29 is 14.6 Å². The molecule has 1 saturated heterocycles. The van der Waals surface area contributed by atoms with Crippen LogP contribution in [-0.4, -0.2) is 46.1 Å². The molecular weight excluding hydrogens is 434 g/mol. The molecular formula is C26H27N3O3S. The van der Waals surface area contributed by atoms with Crippen LogP contribution in [0.3, 0.4) is 0 Å². The van der Waals surface area contributed by atoms with Crippen molar-refractivity contribution in [3.8, 4) is 5.75 Å². The monoisotopic (exact) mass is 461 g/mol. The van der Waals surface area contributed by atoms with Gasteiger partial charge in [0.1, 0.15) is 17.0 Å². The highest BCUT2D eigenvalue weighted by molar-refractivity contribution is 7.09. The third-order valence-electron chi connectivity index (χ3n) is 6.56. The predicted octanol–water partition coefficient (Wildman–Crippen LogP) is 5.30. The van der Waals surface area contributed by atoms with Gasteiger partial charge >= 0.3 is 5.97 Å². The van der Waals surface area contributed by atoms with Gasteiger partial charge in [0.25, 0.3) is 0 Å². The Morgan fingerprint density at radius 2 is 2.12 bits per heavy atom. The molecule has 33 heavy (non-hydrogen) atoms. The number of likely N-dealkylation sites (tertiary alicyclic amines) is 1. The average Bonchev–Trinajstić information content (AvgIpc) is 3.50. The minimum absolute atomic E-state index is 0.217. The van der Waals surface area contributed by atoms with Crippen LogP contribution >= 0.6 is 11.3 Å². The van der Waals surface area contributed by atoms with Crippen molar-refractivity contribution in [2.24, 2.45) is 0 Å². The molecule has 0 bridgehead atoms. The van der Waals surface area contributed by atoms with Crippen molar-refractivity contribution in [2.45, 2.75) is 31.7 Å². The largest absolute Gasteiger partial charge is 0.496 e. The van der Waals surface area contributed by atoms with Gasteiger partial charge in [0.15, 0.2) is 0 Å². The summed E-state index contributed by atoms with van der Waals surface area (Å²) in [6.07, 6.45) is 7.13. The van der Waals surface area contributed by atoms with Crippen molar-refractivity contribution in [1.82, 2.24) is 14.9 Å². The summed E-state index contributed by atoms with van der Waals surface area (Å²) >= 11 is 1.79. The fourth-order valence-corrected chi connectivity index (χ4v) is 5.63. The number of nitrogens with one attached hydrogen (secondary N) is 1. The van der Waals surface area contributed by atoms with E-state index in [1.54, 1.807) is 23.5 Å². The van der Waals surface area contributed by atoms with Gasteiger partial charge < -0.3 is 14.8 Å². The number of piperidine rings is 1. The molecule has 0 spiro atoms. The Bertz CT molecular complexity index is 1260. The van der Waals surface area contributed by atoms with E-state index in [1.807, 2.05) is 12.3 Å². The maximum Gasteiger partial charge on any atom is 0.339 e. The van der Waals surface area contributed by atoms with Crippen LogP contribution in [0.15, 0.2) is 54.2 Å². The Labute approximate surface area is 196 Å². The molecule has 0 radical (unpaired) electrons. The van der Waals surface area contributed by atoms with Crippen LogP contribution in [0.4, 0.5) is 0 Å². The first-order valence-corrected chi connectivity index (χ1v) is 12.1. The number of aromatic amines is 1. The molecule has 0 unspecified atom stereocenters. The first-order valence-electron chi connectivity index (χ1n) is 11.2. The SMILES string of the molecule is COc1ccc(CN2CCC(c3c[nH]c4nccc(Cc5cccs5)c34)CC2)cc1C(=O)O. The van der Waals surface area contributed by atoms with Gasteiger partial charge in [-0.25, -0.2) is 9.78 Å². The Morgan fingerprint density at radius 3 is 2.85 bits per heavy atom. The summed E-state index contributed by atoms with van der Waals surface area (Å²) in [4.78, 5) is 23.3. The topological polar surface area (TPSA) is 78.5 Å². The molecule has 1 aromatic carbocycles. The molecule has 4 aromatic rings. The van der Waals surface area contributed by atoms with Crippen LogP contribution in [0, 0.1) is 0 Å². The second-order valence-electron chi connectivity index (χ2n) is 8.58. The van der Waals surface area contributed by atoms with Crippen molar-refractivity contribution in [2.75, 3.05) is 20.2 Å². The number of thiophene rings is 1. The van der Waals surface area contributed by atoms with Gasteiger partial charge in [-0.2, -0.15) is 0 Å². The average molecular weight is 462 g/mol. The maximum atomic E-state index is 11.5. The second-order valence-corrected chi connectivity index (χ2v) is 9.62. The number of methoxy groups -OCH3 is 1. The van der Waals surface area contributed by atoms with E-state index in [0.717, 1.165) is 50.1 Å². The number of hydrogen-bond acceptors (Lipinski definition) is 5. The number of carbonyl (C=O) groups is 1. The van der Waals surface area contributed by atoms with Crippen molar-refractivity contribution in [1.29, 1.82) is 0 Å². The Morgan fingerprint density at radius 1 is 1.27 bits per heavy atom. The number of nitrogens with zero attached hydrogens (tertiary/aromatic N) is 2. The molecule has 5 rings (SSSR count). The molecule has 1 aliphatic rings. The van der Waals surface area contributed by atoms with E-state index in [-0.39, 0.29) is 5.56 Å². The van der Waals surface area contributed by atoms with Crippen LogP contribution < -0.4 is 4.74 Å². The normalized spacial score (nSPS) is 15.2. The second kappa shape index (κ2) is 9.37. The van der Waals surface area contributed by atoms with E-state index in [4.69, 9.17) is 4.74 Å². The van der Waals surface area contributed by atoms with Crippen LogP contribution in [0.25, 0.3) is 11.0 Å². The number of pyridine rings is 1. The predicted molar refractivity (Wildman–Crippen MR) is 130 cm³/mol. The molecule has 2 N–H and O–H groups in total. The number of aromatic carboxylic acids is 1. The van der Waals surface area contributed by atoms with Gasteiger partial charge in [0, 0.05) is 35.6 Å². The number of H-pyrrole nitrogens is 1. The molecule has 0 amide bonds. The van der Waals surface area contributed by atoms with Crippen molar-refractivity contribution >= 4 is 28.3 Å². The van der Waals surface area contributed by atoms with Crippen LogP contribution in [0.2, 0.25) is 0 Å². The number of fused-ring (bicyclic) bond motifs is 1. The summed E-state index contributed by atoms with van der Waals surface area (Å²) in [7, 11) is 1.50. The van der Waals surface area contributed by atoms with Gasteiger partial charge in [-0.1, -0.05) is 12.1 Å². The van der Waals surface area contributed by atoms with Gasteiger partial charge in [0.05, 0.1) is 7.11 Å². The fraction of sp³-hybridized carbons (Fsp3) is 0.308. The van der Waals surface area contributed by atoms with Crippen molar-refractivity contribution in [3.05, 3.63) is 81.3 Å². The first kappa shape index (κ1) is 21.7. The summed E-state index contributed by atoms with van der Waals surface area (Å²) in [5.41, 5.74) is 4.90. The maximum absolute atomic E-state index is 11.5. The molecule has 3 aromatic heterocycles. The molecule has 170 valence electrons. The zero-order chi connectivity index (χ0) is 22.8. The van der Waals surface area contributed by atoms with Gasteiger partial charge in [-0.05, 0) is 78.2 Å². The first-order chi connectivity index (χ1) is 16.1. The molecule has 4 heterocycles. The Kier molecular flexibility index (Phi) is 6.15. The number of aromatic nitrogens is 2. The molecule has 0 atom stereocenters. The minimum atomic E-state index is -0.960. The zero-order valence-corrected chi connectivity index (χ0v) is 19.4. The van der Waals surface area contributed by atoms with E-state index < -0.39 is 5.97 Å². The highest BCUT2D eigenvalue weighted by Crippen LogP contribution is 2.35. The van der Waals surface area contributed by atoms with Crippen LogP contribution in [0.1, 0.15) is 50.7 Å². The lowest BCUT2D eigenvalue weighted by molar-refractivity contribution is 0.0693. The van der Waals surface area contributed by atoms with Gasteiger partial charge in [0.2, 0.25) is 0 Å². The molecule has 0 aliphatic carbocycles. The standard InChI is InChI=1S/C26H27N3O3S/c1-32-23-5-4-17(13-21(23)26(30)31)16-29-10-7-18(8-11-29)22-15-28-25-24(22)19(6-9-27-25)14-20-3-2-12-33-20/h2-6,9,12-13,15,18H,7-8,10-11,14,16H2,1H3,(H,27,28)(H,30,31). The van der Waals surface area contributed by atoms with Gasteiger partial charge in [-0.3, -0.25) is 4.90 Å². The van der Waals surface area contributed by atoms with Gasteiger partial charge in [-0.15, -0.1) is 11.3 Å². The highest BCUT2D eigenvalue weighted by Gasteiger charge is 2.24. The van der Waals surface area contributed by atoms with E-state index >= 15 is 0 Å². The third-order valence-corrected chi connectivity index (χ3v) is 7.44. The number of ether oxygens (including phenoxy) is 1. The lowest BCUT2D eigenvalue weighted by Crippen LogP contribution is -2.32. The summed E-state index contributed by atoms with van der Waals surface area (Å²) in [6.45, 7) is 2.70. The number of carboxylic acid groups (broad SMARTS) is 1. The number of benzene rings is 1. The lowest BCUT2D eigenvalue weighted by atomic mass is 9.88. The molecule has 0 saturated carbocycles. The Balaban J connectivity index is 1.30. The quantitative estimate of drug-likeness (QED) is 0.390. The van der Waals surface area contributed by atoms with E-state index in [0.29, 0.717) is 11.7 Å². The van der Waals surface area contributed by atoms with Crippen LogP contribution in [0.5, 0.6) is 5.75 Å². The lowest BCUT2D eigenvalue weighted by Gasteiger charge is -2.32. The molecule has 6 nitrogen and oxygen atoms in total. The summed E-state index contributed by atoms with van der Waals surface area (Å²) in [6, 6.07) is 11.9. The number of rotatable bonds is 7. The zero-order valence-electron chi connectivity index (χ0n) is 18.6. The Hall–Kier alpha value is -3.16. The molecule has 1 aliphatic heterocycles. The third kappa shape index (κ3) is 4.51. The smallest absolute Gasteiger partial charge is 0.339 e. The van der Waals surface area contributed by atoms with Crippen LogP contribution in [-0.2, 0) is 13.0 Å².